The highest BCUT2D eigenvalue weighted by Gasteiger charge is 2.47. The predicted octanol–water partition coefficient (Wildman–Crippen LogP) is 1.17. The predicted molar refractivity (Wildman–Crippen MR) is 99.4 cm³/mol. The number of fused-ring (bicyclic) bond motifs is 3. The minimum Gasteiger partial charge on any atom is -0.441 e. The quantitative estimate of drug-likeness (QED) is 0.704. The van der Waals surface area contributed by atoms with Gasteiger partial charge in [0.05, 0.1) is 24.4 Å². The molecule has 10 heteroatoms. The van der Waals surface area contributed by atoms with Gasteiger partial charge in [-0.3, -0.25) is 9.88 Å². The number of benzene rings is 1. The van der Waals surface area contributed by atoms with Crippen LogP contribution < -0.4 is 4.90 Å². The Bertz CT molecular complexity index is 1140. The van der Waals surface area contributed by atoms with Crippen molar-refractivity contribution >= 4 is 11.8 Å². The van der Waals surface area contributed by atoms with Gasteiger partial charge in [-0.2, -0.15) is 5.26 Å². The van der Waals surface area contributed by atoms with Crippen molar-refractivity contribution in [2.75, 3.05) is 11.5 Å². The zero-order valence-corrected chi connectivity index (χ0v) is 15.1. The lowest BCUT2D eigenvalue weighted by molar-refractivity contribution is 0.0830. The van der Waals surface area contributed by atoms with Crippen LogP contribution in [-0.4, -0.2) is 55.1 Å². The Morgan fingerprint density at radius 3 is 2.90 bits per heavy atom. The van der Waals surface area contributed by atoms with Gasteiger partial charge in [-0.05, 0) is 41.0 Å². The van der Waals surface area contributed by atoms with E-state index in [1.807, 2.05) is 30.3 Å². The Hall–Kier alpha value is -3.84. The highest BCUT2D eigenvalue weighted by molar-refractivity contribution is 5.94. The number of carbonyl (C=O) groups is 1. The van der Waals surface area contributed by atoms with Crippen molar-refractivity contribution in [3.8, 4) is 28.7 Å². The standard InChI is InChI=1S/C19H15N7O3/c20-5-6-25-23-18(22-24-25)14-3-1-12(9-21-14)11-2-4-15-13(7-11)8-16-17(10-27)29-19(28)26(15)16/h1-4,7,9,16-17,27H,6,8,10H2/t16-,17-/m0/s1. The Balaban J connectivity index is 1.41. The molecule has 3 aromatic rings. The average Bonchev–Trinajstić information content (AvgIpc) is 3.43. The minimum atomic E-state index is -0.499. The molecule has 2 aromatic heterocycles. The van der Waals surface area contributed by atoms with Crippen LogP contribution >= 0.6 is 0 Å². The summed E-state index contributed by atoms with van der Waals surface area (Å²) in [6.07, 6.45) is 1.45. The molecule has 0 unspecified atom stereocenters. The zero-order valence-electron chi connectivity index (χ0n) is 15.1. The molecular formula is C19H15N7O3. The highest BCUT2D eigenvalue weighted by atomic mass is 16.6. The third kappa shape index (κ3) is 2.79. The van der Waals surface area contributed by atoms with Crippen LogP contribution in [0.4, 0.5) is 10.5 Å². The summed E-state index contributed by atoms with van der Waals surface area (Å²) < 4.78 is 5.21. The third-order valence-corrected chi connectivity index (χ3v) is 5.15. The number of anilines is 1. The van der Waals surface area contributed by atoms with E-state index < -0.39 is 12.2 Å². The summed E-state index contributed by atoms with van der Waals surface area (Å²) >= 11 is 0. The molecule has 1 N–H and O–H groups in total. The number of cyclic esters (lactones) is 1. The van der Waals surface area contributed by atoms with Crippen molar-refractivity contribution < 1.29 is 14.6 Å². The second kappa shape index (κ2) is 6.65. The number of nitriles is 1. The fourth-order valence-corrected chi connectivity index (χ4v) is 3.79. The summed E-state index contributed by atoms with van der Waals surface area (Å²) in [5, 5.41) is 30.0. The maximum absolute atomic E-state index is 12.1. The Kier molecular flexibility index (Phi) is 3.96. The van der Waals surface area contributed by atoms with Gasteiger partial charge in [0.1, 0.15) is 18.3 Å². The molecule has 0 bridgehead atoms. The molecule has 0 saturated carbocycles. The molecule has 1 amide bonds. The van der Waals surface area contributed by atoms with E-state index in [4.69, 9.17) is 10.00 Å². The molecule has 1 saturated heterocycles. The number of rotatable bonds is 4. The van der Waals surface area contributed by atoms with Crippen molar-refractivity contribution in [1.29, 1.82) is 5.26 Å². The molecule has 2 atom stereocenters. The third-order valence-electron chi connectivity index (χ3n) is 5.15. The number of hydrogen-bond donors (Lipinski definition) is 1. The summed E-state index contributed by atoms with van der Waals surface area (Å²) in [6, 6.07) is 11.4. The summed E-state index contributed by atoms with van der Waals surface area (Å²) in [6.45, 7) is -0.158. The molecule has 2 aliphatic heterocycles. The number of tetrazole rings is 1. The van der Waals surface area contributed by atoms with Gasteiger partial charge < -0.3 is 9.84 Å². The molecule has 29 heavy (non-hydrogen) atoms. The number of amides is 1. The van der Waals surface area contributed by atoms with Crippen molar-refractivity contribution in [2.45, 2.75) is 25.1 Å². The fraction of sp³-hybridized carbons (Fsp3) is 0.263. The van der Waals surface area contributed by atoms with Gasteiger partial charge in [-0.1, -0.05) is 12.1 Å². The molecule has 2 aliphatic rings. The van der Waals surface area contributed by atoms with E-state index in [0.29, 0.717) is 17.9 Å². The summed E-state index contributed by atoms with van der Waals surface area (Å²) in [5.74, 6) is 0.356. The number of pyridine rings is 1. The van der Waals surface area contributed by atoms with Crippen LogP contribution in [0.25, 0.3) is 22.6 Å². The lowest BCUT2D eigenvalue weighted by Crippen LogP contribution is -2.34. The SMILES string of the molecule is N#CCn1nnc(-c2ccc(-c3ccc4c(c3)C[C@H]3[C@H](CO)OC(=O)N43)cn2)n1. The number of ether oxygens (including phenoxy) is 1. The van der Waals surface area contributed by atoms with Crippen molar-refractivity contribution in [3.05, 3.63) is 42.1 Å². The van der Waals surface area contributed by atoms with Crippen molar-refractivity contribution in [1.82, 2.24) is 25.2 Å². The maximum Gasteiger partial charge on any atom is 0.415 e. The van der Waals surface area contributed by atoms with Gasteiger partial charge in [0, 0.05) is 11.8 Å². The Morgan fingerprint density at radius 2 is 2.14 bits per heavy atom. The Morgan fingerprint density at radius 1 is 1.28 bits per heavy atom. The normalized spacial score (nSPS) is 19.6. The number of carbonyl (C=O) groups excluding carboxylic acids is 1. The van der Waals surface area contributed by atoms with Crippen LogP contribution in [0.3, 0.4) is 0 Å². The minimum absolute atomic E-state index is 0.0307. The second-order valence-electron chi connectivity index (χ2n) is 6.82. The lowest BCUT2D eigenvalue weighted by atomic mass is 10.0. The van der Waals surface area contributed by atoms with Crippen LogP contribution in [0.1, 0.15) is 5.56 Å². The first-order valence-electron chi connectivity index (χ1n) is 9.03. The van der Waals surface area contributed by atoms with Crippen molar-refractivity contribution in [2.24, 2.45) is 0 Å². The number of aliphatic hydroxyl groups is 1. The molecule has 0 radical (unpaired) electrons. The summed E-state index contributed by atoms with van der Waals surface area (Å²) in [7, 11) is 0. The molecule has 0 spiro atoms. The number of hydrogen-bond acceptors (Lipinski definition) is 8. The number of aliphatic hydroxyl groups excluding tert-OH is 1. The molecule has 0 aliphatic carbocycles. The molecule has 144 valence electrons. The molecule has 1 aromatic carbocycles. The van der Waals surface area contributed by atoms with Crippen LogP contribution in [0.5, 0.6) is 0 Å². The van der Waals surface area contributed by atoms with Gasteiger partial charge in [-0.15, -0.1) is 15.0 Å². The van der Waals surface area contributed by atoms with E-state index >= 15 is 0 Å². The maximum atomic E-state index is 12.1. The first-order valence-corrected chi connectivity index (χ1v) is 9.03. The van der Waals surface area contributed by atoms with Gasteiger partial charge in [-0.25, -0.2) is 4.79 Å². The molecule has 10 nitrogen and oxygen atoms in total. The van der Waals surface area contributed by atoms with Crippen LogP contribution in [0, 0.1) is 11.3 Å². The van der Waals surface area contributed by atoms with Gasteiger partial charge in [0.2, 0.25) is 5.82 Å². The molecule has 5 rings (SSSR count). The van der Waals surface area contributed by atoms with E-state index in [2.05, 4.69) is 20.4 Å². The van der Waals surface area contributed by atoms with Crippen LogP contribution in [0.15, 0.2) is 36.5 Å². The first-order chi connectivity index (χ1) is 14.2. The van der Waals surface area contributed by atoms with E-state index in [-0.39, 0.29) is 19.2 Å². The van der Waals surface area contributed by atoms with Crippen molar-refractivity contribution in [3.63, 3.8) is 0 Å². The molecule has 1 fully saturated rings. The second-order valence-corrected chi connectivity index (χ2v) is 6.82. The van der Waals surface area contributed by atoms with Gasteiger partial charge in [0.25, 0.3) is 0 Å². The van der Waals surface area contributed by atoms with Crippen LogP contribution in [0.2, 0.25) is 0 Å². The topological polar surface area (TPSA) is 130 Å². The first kappa shape index (κ1) is 17.3. The summed E-state index contributed by atoms with van der Waals surface area (Å²) in [5.41, 5.74) is 4.30. The van der Waals surface area contributed by atoms with E-state index in [1.165, 1.54) is 4.80 Å². The monoisotopic (exact) mass is 389 g/mol. The average molecular weight is 389 g/mol. The molecular weight excluding hydrogens is 374 g/mol. The van der Waals surface area contributed by atoms with E-state index in [9.17, 15) is 9.90 Å². The Labute approximate surface area is 165 Å². The zero-order chi connectivity index (χ0) is 20.0. The fourth-order valence-electron chi connectivity index (χ4n) is 3.79. The van der Waals surface area contributed by atoms with E-state index in [1.54, 1.807) is 17.2 Å². The number of aromatic nitrogens is 5. The number of nitrogens with zero attached hydrogens (tertiary/aromatic N) is 7. The van der Waals surface area contributed by atoms with E-state index in [0.717, 1.165) is 22.4 Å². The highest BCUT2D eigenvalue weighted by Crippen LogP contribution is 2.40. The largest absolute Gasteiger partial charge is 0.441 e. The molecule has 4 heterocycles. The van der Waals surface area contributed by atoms with Gasteiger partial charge >= 0.3 is 6.09 Å². The van der Waals surface area contributed by atoms with Crippen LogP contribution in [-0.2, 0) is 17.7 Å². The van der Waals surface area contributed by atoms with Gasteiger partial charge in [0.15, 0.2) is 0 Å². The summed E-state index contributed by atoms with van der Waals surface area (Å²) in [4.78, 5) is 19.3. The smallest absolute Gasteiger partial charge is 0.415 e. The lowest BCUT2D eigenvalue weighted by Gasteiger charge is -2.14.